The second kappa shape index (κ2) is 5.63. The van der Waals surface area contributed by atoms with Gasteiger partial charge < -0.3 is 10.5 Å². The topological polar surface area (TPSA) is 38.5 Å². The summed E-state index contributed by atoms with van der Waals surface area (Å²) >= 11 is 0. The number of hydrogen-bond donors (Lipinski definition) is 1. The van der Waals surface area contributed by atoms with Crippen LogP contribution in [-0.2, 0) is 4.74 Å². The van der Waals surface area contributed by atoms with Crippen molar-refractivity contribution in [2.45, 2.75) is 25.4 Å². The molecular weight excluding hydrogens is 212 g/mol. The van der Waals surface area contributed by atoms with Crippen molar-refractivity contribution in [3.8, 4) is 0 Å². The summed E-state index contributed by atoms with van der Waals surface area (Å²) in [5.41, 5.74) is 8.61. The Morgan fingerprint density at radius 3 is 2.82 bits per heavy atom. The zero-order chi connectivity index (χ0) is 12.3. The normalized spacial score (nSPS) is 22.0. The third-order valence-electron chi connectivity index (χ3n) is 3.74. The molecule has 0 spiro atoms. The highest BCUT2D eigenvalue weighted by Gasteiger charge is 2.26. The number of hydrogen-bond acceptors (Lipinski definition) is 3. The van der Waals surface area contributed by atoms with E-state index in [1.54, 1.807) is 0 Å². The first kappa shape index (κ1) is 12.6. The van der Waals surface area contributed by atoms with Crippen LogP contribution < -0.4 is 5.73 Å². The lowest BCUT2D eigenvalue weighted by Crippen LogP contribution is -2.39. The van der Waals surface area contributed by atoms with Gasteiger partial charge in [-0.05, 0) is 31.5 Å². The summed E-state index contributed by atoms with van der Waals surface area (Å²) in [5.74, 6) is 0. The Bertz CT molecular complexity index is 361. The van der Waals surface area contributed by atoms with E-state index < -0.39 is 0 Å². The molecule has 1 aliphatic rings. The van der Waals surface area contributed by atoms with E-state index in [0.717, 1.165) is 19.6 Å². The monoisotopic (exact) mass is 234 g/mol. The molecule has 1 saturated heterocycles. The van der Waals surface area contributed by atoms with Gasteiger partial charge in [0.15, 0.2) is 0 Å². The molecule has 17 heavy (non-hydrogen) atoms. The van der Waals surface area contributed by atoms with E-state index in [4.69, 9.17) is 10.5 Å². The van der Waals surface area contributed by atoms with Crippen LogP contribution in [0, 0.1) is 6.92 Å². The quantitative estimate of drug-likeness (QED) is 0.862. The van der Waals surface area contributed by atoms with Crippen LogP contribution in [0.4, 0.5) is 0 Å². The van der Waals surface area contributed by atoms with Crippen LogP contribution in [0.1, 0.15) is 23.6 Å². The minimum atomic E-state index is 0.294. The molecule has 0 radical (unpaired) electrons. The fourth-order valence-corrected chi connectivity index (χ4v) is 2.57. The highest BCUT2D eigenvalue weighted by Crippen LogP contribution is 2.25. The summed E-state index contributed by atoms with van der Waals surface area (Å²) in [5, 5.41) is 0. The van der Waals surface area contributed by atoms with Crippen molar-refractivity contribution in [1.29, 1.82) is 0 Å². The van der Waals surface area contributed by atoms with Gasteiger partial charge in [0.05, 0.1) is 6.61 Å². The predicted molar refractivity (Wildman–Crippen MR) is 70.0 cm³/mol. The smallest absolute Gasteiger partial charge is 0.0622 e. The number of ether oxygens (including phenoxy) is 1. The van der Waals surface area contributed by atoms with Crippen molar-refractivity contribution in [2.24, 2.45) is 5.73 Å². The maximum absolute atomic E-state index is 5.96. The van der Waals surface area contributed by atoms with E-state index in [9.17, 15) is 0 Å². The average Bonchev–Trinajstić information content (AvgIpc) is 2.86. The van der Waals surface area contributed by atoms with Gasteiger partial charge in [-0.3, -0.25) is 4.90 Å². The highest BCUT2D eigenvalue weighted by atomic mass is 16.5. The molecule has 3 nitrogen and oxygen atoms in total. The van der Waals surface area contributed by atoms with Gasteiger partial charge in [-0.15, -0.1) is 0 Å². The Balaban J connectivity index is 2.18. The number of benzene rings is 1. The second-order valence-electron chi connectivity index (χ2n) is 4.79. The van der Waals surface area contributed by atoms with E-state index in [0.29, 0.717) is 18.6 Å². The first-order valence-electron chi connectivity index (χ1n) is 6.29. The van der Waals surface area contributed by atoms with Crippen LogP contribution in [0.3, 0.4) is 0 Å². The Hall–Kier alpha value is -0.900. The number of likely N-dealkylation sites (N-methyl/N-ethyl adjacent to an activating group) is 1. The standard InChI is InChI=1S/C14H22N2O/c1-11-5-3-4-6-13(11)14(9-15)16(2)12-7-8-17-10-12/h3-6,12,14H,7-10,15H2,1-2H3. The summed E-state index contributed by atoms with van der Waals surface area (Å²) in [6.45, 7) is 4.51. The summed E-state index contributed by atoms with van der Waals surface area (Å²) in [6, 6.07) is 9.29. The molecular formula is C14H22N2O. The minimum absolute atomic E-state index is 0.294. The predicted octanol–water partition coefficient (Wildman–Crippen LogP) is 1.72. The van der Waals surface area contributed by atoms with Crippen LogP contribution in [-0.4, -0.2) is 37.7 Å². The van der Waals surface area contributed by atoms with E-state index in [1.165, 1.54) is 11.1 Å². The summed E-state index contributed by atoms with van der Waals surface area (Å²) in [6.07, 6.45) is 1.11. The Labute approximate surface area is 104 Å². The fourth-order valence-electron chi connectivity index (χ4n) is 2.57. The third-order valence-corrected chi connectivity index (χ3v) is 3.74. The van der Waals surface area contributed by atoms with Crippen molar-refractivity contribution < 1.29 is 4.74 Å². The molecule has 0 aliphatic carbocycles. The van der Waals surface area contributed by atoms with E-state index >= 15 is 0 Å². The van der Waals surface area contributed by atoms with Crippen molar-refractivity contribution >= 4 is 0 Å². The molecule has 1 aliphatic heterocycles. The molecule has 1 fully saturated rings. The van der Waals surface area contributed by atoms with Crippen molar-refractivity contribution in [2.75, 3.05) is 26.8 Å². The molecule has 1 aromatic rings. The molecule has 0 bridgehead atoms. The fraction of sp³-hybridized carbons (Fsp3) is 0.571. The van der Waals surface area contributed by atoms with Crippen LogP contribution in [0.25, 0.3) is 0 Å². The van der Waals surface area contributed by atoms with Gasteiger partial charge in [0.2, 0.25) is 0 Å². The lowest BCUT2D eigenvalue weighted by atomic mass is 9.99. The van der Waals surface area contributed by atoms with Gasteiger partial charge in [0.1, 0.15) is 0 Å². The van der Waals surface area contributed by atoms with Gasteiger partial charge in [-0.2, -0.15) is 0 Å². The van der Waals surface area contributed by atoms with Crippen molar-refractivity contribution in [1.82, 2.24) is 4.90 Å². The van der Waals surface area contributed by atoms with Crippen LogP contribution in [0.2, 0.25) is 0 Å². The largest absolute Gasteiger partial charge is 0.380 e. The van der Waals surface area contributed by atoms with Crippen molar-refractivity contribution in [3.63, 3.8) is 0 Å². The van der Waals surface area contributed by atoms with Crippen LogP contribution in [0.5, 0.6) is 0 Å². The molecule has 0 amide bonds. The molecule has 2 atom stereocenters. The van der Waals surface area contributed by atoms with Gasteiger partial charge in [0.25, 0.3) is 0 Å². The molecule has 0 aromatic heterocycles. The average molecular weight is 234 g/mol. The van der Waals surface area contributed by atoms with Gasteiger partial charge in [0, 0.05) is 25.2 Å². The highest BCUT2D eigenvalue weighted by molar-refractivity contribution is 5.29. The van der Waals surface area contributed by atoms with Crippen LogP contribution >= 0.6 is 0 Å². The summed E-state index contributed by atoms with van der Waals surface area (Å²) < 4.78 is 5.46. The van der Waals surface area contributed by atoms with Gasteiger partial charge >= 0.3 is 0 Å². The second-order valence-corrected chi connectivity index (χ2v) is 4.79. The van der Waals surface area contributed by atoms with Crippen LogP contribution in [0.15, 0.2) is 24.3 Å². The third kappa shape index (κ3) is 2.68. The molecule has 94 valence electrons. The molecule has 2 N–H and O–H groups in total. The molecule has 0 saturated carbocycles. The minimum Gasteiger partial charge on any atom is -0.380 e. The lowest BCUT2D eigenvalue weighted by Gasteiger charge is -2.32. The molecule has 1 heterocycles. The lowest BCUT2D eigenvalue weighted by molar-refractivity contribution is 0.134. The zero-order valence-corrected chi connectivity index (χ0v) is 10.7. The van der Waals surface area contributed by atoms with E-state index in [2.05, 4.69) is 43.1 Å². The maximum Gasteiger partial charge on any atom is 0.0622 e. The number of nitrogens with zero attached hydrogens (tertiary/aromatic N) is 1. The molecule has 2 rings (SSSR count). The summed E-state index contributed by atoms with van der Waals surface area (Å²) in [7, 11) is 2.16. The SMILES string of the molecule is Cc1ccccc1C(CN)N(C)C1CCOC1. The van der Waals surface area contributed by atoms with Gasteiger partial charge in [-0.1, -0.05) is 24.3 Å². The van der Waals surface area contributed by atoms with E-state index in [-0.39, 0.29) is 0 Å². The van der Waals surface area contributed by atoms with E-state index in [1.807, 2.05) is 0 Å². The Morgan fingerprint density at radius 2 is 2.24 bits per heavy atom. The Kier molecular flexibility index (Phi) is 4.15. The number of aryl methyl sites for hydroxylation is 1. The first-order valence-corrected chi connectivity index (χ1v) is 6.29. The van der Waals surface area contributed by atoms with Crippen molar-refractivity contribution in [3.05, 3.63) is 35.4 Å². The zero-order valence-electron chi connectivity index (χ0n) is 10.7. The number of rotatable bonds is 4. The molecule has 3 heteroatoms. The Morgan fingerprint density at radius 1 is 1.47 bits per heavy atom. The molecule has 1 aromatic carbocycles. The first-order chi connectivity index (χ1) is 8.24. The summed E-state index contributed by atoms with van der Waals surface area (Å²) in [4.78, 5) is 2.37. The number of nitrogens with two attached hydrogens (primary N) is 1. The van der Waals surface area contributed by atoms with Gasteiger partial charge in [-0.25, -0.2) is 0 Å². The maximum atomic E-state index is 5.96. The molecule has 2 unspecified atom stereocenters.